The van der Waals surface area contributed by atoms with Crippen molar-refractivity contribution in [3.8, 4) is 5.75 Å². The van der Waals surface area contributed by atoms with Crippen molar-refractivity contribution in [2.24, 2.45) is 0 Å². The fourth-order valence-corrected chi connectivity index (χ4v) is 1.23. The Balaban J connectivity index is 3.32. The second-order valence-electron chi connectivity index (χ2n) is 3.32. The van der Waals surface area contributed by atoms with Crippen LogP contribution >= 0.6 is 0 Å². The molecule has 1 aromatic rings. The molecule has 3 N–H and O–H groups in total. The number of rotatable bonds is 4. The molecule has 0 amide bonds. The van der Waals surface area contributed by atoms with E-state index >= 15 is 0 Å². The summed E-state index contributed by atoms with van der Waals surface area (Å²) in [6.45, 7) is 0. The summed E-state index contributed by atoms with van der Waals surface area (Å²) >= 11 is 0. The van der Waals surface area contributed by atoms with E-state index in [1.165, 1.54) is 0 Å². The first kappa shape index (κ1) is 14.9. The Bertz CT molecular complexity index is 489. The summed E-state index contributed by atoms with van der Waals surface area (Å²) in [7, 11) is 0. The monoisotopic (exact) mass is 286 g/mol. The second kappa shape index (κ2) is 5.24. The first-order valence-corrected chi connectivity index (χ1v) is 4.64. The van der Waals surface area contributed by atoms with E-state index in [9.17, 15) is 26.7 Å². The molecule has 106 valence electrons. The van der Waals surface area contributed by atoms with Crippen molar-refractivity contribution in [3.63, 3.8) is 0 Å². The molecule has 0 aliphatic carbocycles. The van der Waals surface area contributed by atoms with Gasteiger partial charge in [-0.3, -0.25) is 9.78 Å². The van der Waals surface area contributed by atoms with Gasteiger partial charge in [-0.2, -0.15) is 0 Å². The van der Waals surface area contributed by atoms with Crippen molar-refractivity contribution in [2.75, 3.05) is 5.73 Å². The molecule has 0 bridgehead atoms. The maximum atomic E-state index is 12.5. The van der Waals surface area contributed by atoms with E-state index in [1.54, 1.807) is 0 Å². The van der Waals surface area contributed by atoms with Crippen molar-refractivity contribution in [1.29, 1.82) is 0 Å². The van der Waals surface area contributed by atoms with Gasteiger partial charge in [0, 0.05) is 6.20 Å². The molecule has 0 aliphatic heterocycles. The predicted molar refractivity (Wildman–Crippen MR) is 51.6 cm³/mol. The molecule has 1 rings (SSSR count). The summed E-state index contributed by atoms with van der Waals surface area (Å²) in [4.78, 5) is 13.7. The van der Waals surface area contributed by atoms with Crippen molar-refractivity contribution in [3.05, 3.63) is 17.5 Å². The van der Waals surface area contributed by atoms with Gasteiger partial charge in [0.05, 0.1) is 23.4 Å². The van der Waals surface area contributed by atoms with Gasteiger partial charge in [0.2, 0.25) is 0 Å². The molecule has 1 heterocycles. The average molecular weight is 286 g/mol. The van der Waals surface area contributed by atoms with Crippen LogP contribution < -0.4 is 10.5 Å². The predicted octanol–water partition coefficient (Wildman–Crippen LogP) is 2.13. The summed E-state index contributed by atoms with van der Waals surface area (Å²) in [5.74, 6) is -2.73. The van der Waals surface area contributed by atoms with Crippen molar-refractivity contribution in [1.82, 2.24) is 4.98 Å². The molecule has 19 heavy (non-hydrogen) atoms. The van der Waals surface area contributed by atoms with Crippen LogP contribution in [0.1, 0.15) is 17.7 Å². The fraction of sp³-hybridized carbons (Fsp3) is 0.333. The quantitative estimate of drug-likeness (QED) is 0.828. The first-order chi connectivity index (χ1) is 8.61. The molecule has 0 aromatic carbocycles. The molecule has 5 nitrogen and oxygen atoms in total. The van der Waals surface area contributed by atoms with E-state index < -0.39 is 47.9 Å². The average Bonchev–Trinajstić information content (AvgIpc) is 2.20. The number of alkyl halides is 5. The summed E-state index contributed by atoms with van der Waals surface area (Å²) in [6.07, 6.45) is -8.80. The van der Waals surface area contributed by atoms with Gasteiger partial charge >= 0.3 is 12.3 Å². The standard InChI is InChI=1S/C9H7F5N2O3/c10-8(11)3-2-16-4(1-5(17)18)7(6(3)15)19-9(12,13)14/h2,8H,1H2,(H2,15,16)(H,17,18). The molecule has 0 radical (unpaired) electrons. The molecule has 0 saturated heterocycles. The van der Waals surface area contributed by atoms with Crippen LogP contribution in [0.3, 0.4) is 0 Å². The number of nitrogens with two attached hydrogens (primary N) is 1. The van der Waals surface area contributed by atoms with Gasteiger partial charge in [0.1, 0.15) is 0 Å². The van der Waals surface area contributed by atoms with E-state index in [0.717, 1.165) is 0 Å². The van der Waals surface area contributed by atoms with Gasteiger partial charge < -0.3 is 15.6 Å². The Kier molecular flexibility index (Phi) is 4.12. The number of ether oxygens (including phenoxy) is 1. The Labute approximate surface area is 102 Å². The number of hydrogen-bond donors (Lipinski definition) is 2. The van der Waals surface area contributed by atoms with E-state index in [4.69, 9.17) is 10.8 Å². The summed E-state index contributed by atoms with van der Waals surface area (Å²) < 4.78 is 64.8. The minimum absolute atomic E-state index is 0.515. The van der Waals surface area contributed by atoms with Gasteiger partial charge in [-0.15, -0.1) is 13.2 Å². The maximum Gasteiger partial charge on any atom is 0.573 e. The zero-order chi connectivity index (χ0) is 14.8. The lowest BCUT2D eigenvalue weighted by molar-refractivity contribution is -0.274. The van der Waals surface area contributed by atoms with Gasteiger partial charge in [-0.1, -0.05) is 0 Å². The summed E-state index contributed by atoms with van der Waals surface area (Å²) in [6, 6.07) is 0. The topological polar surface area (TPSA) is 85.4 Å². The molecule has 0 saturated carbocycles. The van der Waals surface area contributed by atoms with Gasteiger partial charge in [-0.05, 0) is 0 Å². The van der Waals surface area contributed by atoms with Crippen molar-refractivity contribution in [2.45, 2.75) is 19.2 Å². The highest BCUT2D eigenvalue weighted by atomic mass is 19.4. The van der Waals surface area contributed by atoms with Crippen LogP contribution in [0, 0.1) is 0 Å². The number of aromatic nitrogens is 1. The Morgan fingerprint density at radius 2 is 2.05 bits per heavy atom. The summed E-state index contributed by atoms with van der Waals surface area (Å²) in [5, 5.41) is 8.49. The highest BCUT2D eigenvalue weighted by Crippen LogP contribution is 2.37. The molecule has 10 heteroatoms. The highest BCUT2D eigenvalue weighted by Gasteiger charge is 2.35. The van der Waals surface area contributed by atoms with Crippen LogP contribution in [0.25, 0.3) is 0 Å². The van der Waals surface area contributed by atoms with Gasteiger partial charge in [-0.25, -0.2) is 8.78 Å². The maximum absolute atomic E-state index is 12.5. The normalized spacial score (nSPS) is 11.7. The Morgan fingerprint density at radius 3 is 2.47 bits per heavy atom. The second-order valence-corrected chi connectivity index (χ2v) is 3.32. The van der Waals surface area contributed by atoms with Crippen LogP contribution in [0.4, 0.5) is 27.6 Å². The van der Waals surface area contributed by atoms with E-state index in [0.29, 0.717) is 6.20 Å². The number of pyridine rings is 1. The lowest BCUT2D eigenvalue weighted by Crippen LogP contribution is -2.21. The number of carboxylic acids is 1. The number of hydrogen-bond acceptors (Lipinski definition) is 4. The lowest BCUT2D eigenvalue weighted by Gasteiger charge is -2.16. The summed E-state index contributed by atoms with van der Waals surface area (Å²) in [5.41, 5.74) is 2.49. The third-order valence-corrected chi connectivity index (χ3v) is 1.95. The first-order valence-electron chi connectivity index (χ1n) is 4.64. The smallest absolute Gasteiger partial charge is 0.481 e. The molecule has 0 atom stereocenters. The number of aliphatic carboxylic acids is 1. The molecule has 0 spiro atoms. The van der Waals surface area contributed by atoms with Crippen LogP contribution in [-0.2, 0) is 11.2 Å². The zero-order valence-electron chi connectivity index (χ0n) is 9.04. The lowest BCUT2D eigenvalue weighted by atomic mass is 10.1. The molecule has 0 unspecified atom stereocenters. The fourth-order valence-electron chi connectivity index (χ4n) is 1.23. The van der Waals surface area contributed by atoms with Crippen LogP contribution in [-0.4, -0.2) is 22.4 Å². The van der Waals surface area contributed by atoms with Gasteiger partial charge in [0.25, 0.3) is 6.43 Å². The van der Waals surface area contributed by atoms with Crippen LogP contribution in [0.15, 0.2) is 6.20 Å². The molecule has 1 aromatic heterocycles. The van der Waals surface area contributed by atoms with Crippen LogP contribution in [0.2, 0.25) is 0 Å². The minimum atomic E-state index is -5.20. The van der Waals surface area contributed by atoms with Crippen molar-refractivity contribution < 1.29 is 36.6 Å². The molecule has 0 fully saturated rings. The highest BCUT2D eigenvalue weighted by molar-refractivity contribution is 5.73. The number of anilines is 1. The minimum Gasteiger partial charge on any atom is -0.481 e. The zero-order valence-corrected chi connectivity index (χ0v) is 9.04. The molecule has 0 aliphatic rings. The number of carboxylic acid groups (broad SMARTS) is 1. The SMILES string of the molecule is Nc1c(C(F)F)cnc(CC(=O)O)c1OC(F)(F)F. The van der Waals surface area contributed by atoms with E-state index in [1.807, 2.05) is 0 Å². The molecular weight excluding hydrogens is 279 g/mol. The third-order valence-electron chi connectivity index (χ3n) is 1.95. The van der Waals surface area contributed by atoms with E-state index in [2.05, 4.69) is 9.72 Å². The number of nitrogen functional groups attached to an aromatic ring is 1. The molecular formula is C9H7F5N2O3. The van der Waals surface area contributed by atoms with E-state index in [-0.39, 0.29) is 0 Å². The Hall–Kier alpha value is -2.13. The Morgan fingerprint density at radius 1 is 1.47 bits per heavy atom. The number of nitrogens with zero attached hydrogens (tertiary/aromatic N) is 1. The third kappa shape index (κ3) is 3.93. The number of carbonyl (C=O) groups is 1. The number of halogens is 5. The largest absolute Gasteiger partial charge is 0.573 e. The van der Waals surface area contributed by atoms with Crippen LogP contribution in [0.5, 0.6) is 5.75 Å². The van der Waals surface area contributed by atoms with Crippen molar-refractivity contribution >= 4 is 11.7 Å². The van der Waals surface area contributed by atoms with Gasteiger partial charge in [0.15, 0.2) is 5.75 Å².